The summed E-state index contributed by atoms with van der Waals surface area (Å²) in [7, 11) is 0. The van der Waals surface area contributed by atoms with E-state index in [1.807, 2.05) is 5.32 Å². The van der Waals surface area contributed by atoms with Crippen molar-refractivity contribution in [1.29, 1.82) is 0 Å². The number of nitro groups is 1. The quantitative estimate of drug-likeness (QED) is 0.553. The van der Waals surface area contributed by atoms with Crippen LogP contribution in [0.25, 0.3) is 0 Å². The maximum Gasteiger partial charge on any atom is 0.316 e. The zero-order valence-electron chi connectivity index (χ0n) is 6.86. The van der Waals surface area contributed by atoms with Crippen molar-refractivity contribution in [2.24, 2.45) is 5.73 Å². The van der Waals surface area contributed by atoms with Crippen molar-refractivity contribution in [2.75, 3.05) is 5.32 Å². The number of nitrogens with zero attached hydrogens (tertiary/aromatic N) is 1. The number of rotatable bonds is 2. The van der Waals surface area contributed by atoms with Gasteiger partial charge in [0.15, 0.2) is 0 Å². The molecule has 0 aromatic heterocycles. The van der Waals surface area contributed by atoms with Crippen LogP contribution in [0.1, 0.15) is 0 Å². The van der Waals surface area contributed by atoms with Gasteiger partial charge >= 0.3 is 6.03 Å². The molecule has 2 amide bonds. The molecule has 0 atom stereocenters. The highest BCUT2D eigenvalue weighted by molar-refractivity contribution is 5.88. The van der Waals surface area contributed by atoms with Crippen LogP contribution in [0.2, 0.25) is 0 Å². The second-order valence-electron chi connectivity index (χ2n) is 2.41. The molecule has 0 aliphatic carbocycles. The molecule has 0 bridgehead atoms. The molecular formula is C7H6FN3O3. The molecule has 3 N–H and O–H groups in total. The first-order chi connectivity index (χ1) is 6.50. The first-order valence-electron chi connectivity index (χ1n) is 3.51. The molecule has 6 nitrogen and oxygen atoms in total. The van der Waals surface area contributed by atoms with Gasteiger partial charge in [-0.3, -0.25) is 10.1 Å². The summed E-state index contributed by atoms with van der Waals surface area (Å²) in [6.07, 6.45) is 0. The van der Waals surface area contributed by atoms with Crippen molar-refractivity contribution in [3.8, 4) is 0 Å². The molecule has 0 aliphatic heterocycles. The predicted octanol–water partition coefficient (Wildman–Crippen LogP) is 1.22. The third-order valence-corrected chi connectivity index (χ3v) is 1.42. The minimum Gasteiger partial charge on any atom is -0.351 e. The minimum absolute atomic E-state index is 0.313. The Labute approximate surface area is 77.7 Å². The highest BCUT2D eigenvalue weighted by Crippen LogP contribution is 2.20. The molecule has 0 heterocycles. The number of anilines is 1. The number of carbonyl (C=O) groups excluding carboxylic acids is 1. The number of urea groups is 1. The molecule has 0 radical (unpaired) electrons. The number of hydrogen-bond donors (Lipinski definition) is 2. The van der Waals surface area contributed by atoms with Crippen LogP contribution in [0, 0.1) is 15.9 Å². The fourth-order valence-corrected chi connectivity index (χ4v) is 0.855. The molecule has 1 aromatic carbocycles. The lowest BCUT2D eigenvalue weighted by molar-refractivity contribution is -0.384. The Morgan fingerprint density at radius 1 is 1.57 bits per heavy atom. The van der Waals surface area contributed by atoms with Crippen LogP contribution in [-0.2, 0) is 0 Å². The molecule has 1 rings (SSSR count). The minimum atomic E-state index is -0.982. The Morgan fingerprint density at radius 3 is 2.71 bits per heavy atom. The SMILES string of the molecule is NC(=O)Nc1cc([N+](=O)[O-])ccc1F. The van der Waals surface area contributed by atoms with Crippen molar-refractivity contribution >= 4 is 17.4 Å². The molecule has 0 unspecified atom stereocenters. The van der Waals surface area contributed by atoms with Crippen LogP contribution in [-0.4, -0.2) is 11.0 Å². The number of amides is 2. The molecule has 7 heteroatoms. The number of benzene rings is 1. The molecule has 0 saturated carbocycles. The smallest absolute Gasteiger partial charge is 0.316 e. The summed E-state index contributed by atoms with van der Waals surface area (Å²) in [5.41, 5.74) is 4.10. The lowest BCUT2D eigenvalue weighted by atomic mass is 10.2. The molecule has 14 heavy (non-hydrogen) atoms. The van der Waals surface area contributed by atoms with E-state index in [2.05, 4.69) is 0 Å². The van der Waals surface area contributed by atoms with Crippen LogP contribution in [0.5, 0.6) is 0 Å². The molecular weight excluding hydrogens is 193 g/mol. The molecule has 0 aliphatic rings. The fourth-order valence-electron chi connectivity index (χ4n) is 0.855. The van der Waals surface area contributed by atoms with Crippen LogP contribution in [0.4, 0.5) is 20.6 Å². The van der Waals surface area contributed by atoms with Crippen molar-refractivity contribution in [2.45, 2.75) is 0 Å². The van der Waals surface area contributed by atoms with Crippen molar-refractivity contribution in [3.05, 3.63) is 34.1 Å². The van der Waals surface area contributed by atoms with E-state index in [9.17, 15) is 19.3 Å². The Balaban J connectivity index is 3.08. The molecule has 0 fully saturated rings. The van der Waals surface area contributed by atoms with E-state index < -0.39 is 16.8 Å². The Morgan fingerprint density at radius 2 is 2.21 bits per heavy atom. The van der Waals surface area contributed by atoms with E-state index >= 15 is 0 Å². The summed E-state index contributed by atoms with van der Waals surface area (Å²) in [6, 6.07) is 1.77. The van der Waals surface area contributed by atoms with Gasteiger partial charge in [-0.15, -0.1) is 0 Å². The number of carbonyl (C=O) groups is 1. The van der Waals surface area contributed by atoms with Crippen LogP contribution in [0.15, 0.2) is 18.2 Å². The van der Waals surface area contributed by atoms with Gasteiger partial charge < -0.3 is 11.1 Å². The van der Waals surface area contributed by atoms with E-state index in [4.69, 9.17) is 5.73 Å². The second kappa shape index (κ2) is 3.69. The lowest BCUT2D eigenvalue weighted by Gasteiger charge is -2.02. The van der Waals surface area contributed by atoms with Crippen LogP contribution in [0.3, 0.4) is 0 Å². The second-order valence-corrected chi connectivity index (χ2v) is 2.41. The summed E-state index contributed by atoms with van der Waals surface area (Å²) in [4.78, 5) is 20.0. The summed E-state index contributed by atoms with van der Waals surface area (Å²) in [5.74, 6) is -0.783. The van der Waals surface area contributed by atoms with Gasteiger partial charge in [-0.2, -0.15) is 0 Å². The molecule has 0 spiro atoms. The zero-order valence-corrected chi connectivity index (χ0v) is 6.86. The van der Waals surface area contributed by atoms with Gasteiger partial charge in [0.1, 0.15) is 5.82 Å². The summed E-state index contributed by atoms with van der Waals surface area (Å²) < 4.78 is 12.9. The van der Waals surface area contributed by atoms with Crippen molar-refractivity contribution < 1.29 is 14.1 Å². The van der Waals surface area contributed by atoms with Gasteiger partial charge in [-0.1, -0.05) is 0 Å². The third-order valence-electron chi connectivity index (χ3n) is 1.42. The summed E-state index contributed by atoms with van der Waals surface area (Å²) in [6.45, 7) is 0. The summed E-state index contributed by atoms with van der Waals surface area (Å²) in [5, 5.41) is 12.2. The number of nitrogens with two attached hydrogens (primary N) is 1. The maximum absolute atomic E-state index is 12.9. The Bertz CT molecular complexity index is 394. The van der Waals surface area contributed by atoms with Gasteiger partial charge in [0.05, 0.1) is 10.6 Å². The lowest BCUT2D eigenvalue weighted by Crippen LogP contribution is -2.20. The average molecular weight is 199 g/mol. The monoisotopic (exact) mass is 199 g/mol. The van der Waals surface area contributed by atoms with E-state index in [-0.39, 0.29) is 11.4 Å². The van der Waals surface area contributed by atoms with Crippen LogP contribution >= 0.6 is 0 Å². The normalized spacial score (nSPS) is 9.50. The predicted molar refractivity (Wildman–Crippen MR) is 46.3 cm³/mol. The average Bonchev–Trinajstić information content (AvgIpc) is 2.07. The number of nitro benzene ring substituents is 1. The van der Waals surface area contributed by atoms with Gasteiger partial charge in [0.25, 0.3) is 5.69 Å². The maximum atomic E-state index is 12.9. The Kier molecular flexibility index (Phi) is 2.61. The van der Waals surface area contributed by atoms with Gasteiger partial charge in [0, 0.05) is 12.1 Å². The van der Waals surface area contributed by atoms with Gasteiger partial charge in [-0.25, -0.2) is 9.18 Å². The fraction of sp³-hybridized carbons (Fsp3) is 0. The number of non-ortho nitro benzene ring substituents is 1. The highest BCUT2D eigenvalue weighted by Gasteiger charge is 2.11. The first kappa shape index (κ1) is 9.90. The van der Waals surface area contributed by atoms with E-state index in [1.165, 1.54) is 0 Å². The first-order valence-corrected chi connectivity index (χ1v) is 3.51. The molecule has 74 valence electrons. The topological polar surface area (TPSA) is 98.3 Å². The third kappa shape index (κ3) is 2.16. The molecule has 0 saturated heterocycles. The van der Waals surface area contributed by atoms with Gasteiger partial charge in [-0.05, 0) is 6.07 Å². The van der Waals surface area contributed by atoms with Crippen molar-refractivity contribution in [1.82, 2.24) is 0 Å². The summed E-state index contributed by atoms with van der Waals surface area (Å²) >= 11 is 0. The van der Waals surface area contributed by atoms with Crippen molar-refractivity contribution in [3.63, 3.8) is 0 Å². The van der Waals surface area contributed by atoms with Crippen LogP contribution < -0.4 is 11.1 Å². The molecule has 1 aromatic rings. The standard InChI is InChI=1S/C7H6FN3O3/c8-5-2-1-4(11(13)14)3-6(5)10-7(9)12/h1-3H,(H3,9,10,12). The number of primary amides is 1. The largest absolute Gasteiger partial charge is 0.351 e. The zero-order chi connectivity index (χ0) is 10.7. The van der Waals surface area contributed by atoms with E-state index in [1.54, 1.807) is 0 Å². The number of hydrogen-bond acceptors (Lipinski definition) is 3. The van der Waals surface area contributed by atoms with Gasteiger partial charge in [0.2, 0.25) is 0 Å². The Hall–Kier alpha value is -2.18. The van der Waals surface area contributed by atoms with E-state index in [0.717, 1.165) is 18.2 Å². The highest BCUT2D eigenvalue weighted by atomic mass is 19.1. The van der Waals surface area contributed by atoms with E-state index in [0.29, 0.717) is 0 Å². The number of nitrogens with one attached hydrogen (secondary N) is 1. The number of halogens is 1.